The monoisotopic (exact) mass is 259 g/mol. The van der Waals surface area contributed by atoms with Crippen molar-refractivity contribution in [3.8, 4) is 0 Å². The molecule has 0 aromatic carbocycles. The molecule has 3 rings (SSSR count). The van der Waals surface area contributed by atoms with Crippen LogP contribution in [0.3, 0.4) is 0 Å². The smallest absolute Gasteiger partial charge is 0.243 e. The third-order valence-corrected chi connectivity index (χ3v) is 3.89. The molecule has 0 radical (unpaired) electrons. The van der Waals surface area contributed by atoms with Crippen molar-refractivity contribution >= 4 is 11.6 Å². The van der Waals surface area contributed by atoms with Crippen LogP contribution in [0.1, 0.15) is 25.3 Å². The Bertz CT molecular complexity index is 556. The fraction of sp³-hybridized carbons (Fsp3) is 0.571. The number of pyridine rings is 1. The van der Waals surface area contributed by atoms with Crippen molar-refractivity contribution in [2.75, 3.05) is 18.4 Å². The Labute approximate surface area is 113 Å². The van der Waals surface area contributed by atoms with Gasteiger partial charge in [0, 0.05) is 12.2 Å². The van der Waals surface area contributed by atoms with Crippen LogP contribution in [0.4, 0.5) is 5.95 Å². The summed E-state index contributed by atoms with van der Waals surface area (Å²) in [6.07, 6.45) is 4.48. The topological polar surface area (TPSA) is 54.2 Å². The summed E-state index contributed by atoms with van der Waals surface area (Å²) in [4.78, 5) is 4.53. The zero-order valence-electron chi connectivity index (χ0n) is 11.6. The Morgan fingerprint density at radius 1 is 1.53 bits per heavy atom. The van der Waals surface area contributed by atoms with Crippen molar-refractivity contribution in [2.24, 2.45) is 5.92 Å². The lowest BCUT2D eigenvalue weighted by Gasteiger charge is -2.28. The van der Waals surface area contributed by atoms with Crippen LogP contribution in [0.25, 0.3) is 5.65 Å². The molecule has 2 aromatic heterocycles. The van der Waals surface area contributed by atoms with Gasteiger partial charge in [0.15, 0.2) is 5.65 Å². The first kappa shape index (κ1) is 12.4. The summed E-state index contributed by atoms with van der Waals surface area (Å²) in [6, 6.07) is 4.48. The van der Waals surface area contributed by atoms with E-state index < -0.39 is 0 Å². The van der Waals surface area contributed by atoms with E-state index in [9.17, 15) is 0 Å². The number of nitrogens with one attached hydrogen (secondary N) is 2. The molecule has 0 bridgehead atoms. The van der Waals surface area contributed by atoms with E-state index in [1.807, 2.05) is 22.8 Å². The number of nitrogens with zero attached hydrogens (tertiary/aromatic N) is 3. The average molecular weight is 259 g/mol. The van der Waals surface area contributed by atoms with Crippen LogP contribution in [-0.4, -0.2) is 33.7 Å². The molecule has 2 N–H and O–H groups in total. The number of anilines is 1. The van der Waals surface area contributed by atoms with Gasteiger partial charge in [0.25, 0.3) is 0 Å². The van der Waals surface area contributed by atoms with Gasteiger partial charge >= 0.3 is 0 Å². The maximum atomic E-state index is 4.53. The van der Waals surface area contributed by atoms with E-state index >= 15 is 0 Å². The summed E-state index contributed by atoms with van der Waals surface area (Å²) in [7, 11) is 0. The molecule has 2 unspecified atom stereocenters. The molecule has 0 amide bonds. The highest BCUT2D eigenvalue weighted by Crippen LogP contribution is 2.17. The van der Waals surface area contributed by atoms with E-state index in [2.05, 4.69) is 34.6 Å². The molecule has 102 valence electrons. The molecule has 0 spiro atoms. The summed E-state index contributed by atoms with van der Waals surface area (Å²) in [5.74, 6) is 1.38. The van der Waals surface area contributed by atoms with Gasteiger partial charge in [-0.15, -0.1) is 5.10 Å². The number of hydrogen-bond acceptors (Lipinski definition) is 4. The normalized spacial score (nSPS) is 21.5. The second kappa shape index (κ2) is 5.17. The molecule has 1 aliphatic heterocycles. The minimum atomic E-state index is 0.395. The number of fused-ring (bicyclic) bond motifs is 1. The molecule has 0 saturated carbocycles. The molecule has 1 fully saturated rings. The van der Waals surface area contributed by atoms with Gasteiger partial charge in [-0.05, 0) is 63.4 Å². The molecular weight excluding hydrogens is 238 g/mol. The number of aromatic nitrogens is 3. The molecule has 2 aromatic rings. The number of piperidine rings is 1. The highest BCUT2D eigenvalue weighted by Gasteiger charge is 2.20. The summed E-state index contributed by atoms with van der Waals surface area (Å²) < 4.78 is 1.82. The lowest BCUT2D eigenvalue weighted by atomic mass is 9.93. The Morgan fingerprint density at radius 3 is 3.21 bits per heavy atom. The average Bonchev–Trinajstić information content (AvgIpc) is 2.81. The minimum absolute atomic E-state index is 0.395. The SMILES string of the molecule is Cc1ccn2nc(NC(C)C3CCCNC3)nc2c1. The van der Waals surface area contributed by atoms with Crippen molar-refractivity contribution in [1.82, 2.24) is 19.9 Å². The molecule has 5 nitrogen and oxygen atoms in total. The summed E-state index contributed by atoms with van der Waals surface area (Å²) >= 11 is 0. The molecule has 0 aliphatic carbocycles. The van der Waals surface area contributed by atoms with Crippen molar-refractivity contribution < 1.29 is 0 Å². The van der Waals surface area contributed by atoms with Crippen LogP contribution in [0.15, 0.2) is 18.3 Å². The van der Waals surface area contributed by atoms with Gasteiger partial charge in [0.2, 0.25) is 5.95 Å². The third-order valence-electron chi connectivity index (χ3n) is 3.89. The van der Waals surface area contributed by atoms with Crippen molar-refractivity contribution in [3.05, 3.63) is 23.9 Å². The van der Waals surface area contributed by atoms with E-state index in [0.717, 1.165) is 24.7 Å². The maximum absolute atomic E-state index is 4.53. The minimum Gasteiger partial charge on any atom is -0.350 e. The standard InChI is InChI=1S/C14H21N5/c1-10-5-7-19-13(8-10)17-14(18-19)16-11(2)12-4-3-6-15-9-12/h5,7-8,11-12,15H,3-4,6,9H2,1-2H3,(H,16,18). The van der Waals surface area contributed by atoms with Gasteiger partial charge < -0.3 is 10.6 Å². The van der Waals surface area contributed by atoms with Crippen molar-refractivity contribution in [1.29, 1.82) is 0 Å². The van der Waals surface area contributed by atoms with Gasteiger partial charge in [0.1, 0.15) is 0 Å². The summed E-state index contributed by atoms with van der Waals surface area (Å²) in [6.45, 7) is 6.52. The second-order valence-corrected chi connectivity index (χ2v) is 5.48. The first-order valence-corrected chi connectivity index (χ1v) is 7.02. The summed E-state index contributed by atoms with van der Waals surface area (Å²) in [5, 5.41) is 11.3. The predicted octanol–water partition coefficient (Wildman–Crippen LogP) is 1.84. The van der Waals surface area contributed by atoms with Gasteiger partial charge in [-0.2, -0.15) is 4.98 Å². The number of rotatable bonds is 3. The van der Waals surface area contributed by atoms with Crippen LogP contribution in [-0.2, 0) is 0 Å². The highest BCUT2D eigenvalue weighted by molar-refractivity contribution is 5.45. The first-order chi connectivity index (χ1) is 9.22. The fourth-order valence-electron chi connectivity index (χ4n) is 2.67. The third kappa shape index (κ3) is 2.71. The Balaban J connectivity index is 1.73. The van der Waals surface area contributed by atoms with E-state index in [1.54, 1.807) is 0 Å². The van der Waals surface area contributed by atoms with E-state index in [0.29, 0.717) is 12.0 Å². The fourth-order valence-corrected chi connectivity index (χ4v) is 2.67. The van der Waals surface area contributed by atoms with Crippen LogP contribution in [0, 0.1) is 12.8 Å². The molecule has 1 aliphatic rings. The van der Waals surface area contributed by atoms with Crippen LogP contribution >= 0.6 is 0 Å². The van der Waals surface area contributed by atoms with E-state index in [1.165, 1.54) is 18.4 Å². The largest absolute Gasteiger partial charge is 0.350 e. The van der Waals surface area contributed by atoms with Crippen molar-refractivity contribution in [3.63, 3.8) is 0 Å². The quantitative estimate of drug-likeness (QED) is 0.883. The second-order valence-electron chi connectivity index (χ2n) is 5.48. The zero-order valence-corrected chi connectivity index (χ0v) is 11.6. The number of aryl methyl sites for hydroxylation is 1. The molecule has 2 atom stereocenters. The molecule has 1 saturated heterocycles. The molecule has 5 heteroatoms. The highest BCUT2D eigenvalue weighted by atomic mass is 15.3. The van der Waals surface area contributed by atoms with E-state index in [4.69, 9.17) is 0 Å². The molecule has 3 heterocycles. The number of hydrogen-bond donors (Lipinski definition) is 2. The Morgan fingerprint density at radius 2 is 2.42 bits per heavy atom. The van der Waals surface area contributed by atoms with Gasteiger partial charge in [-0.25, -0.2) is 4.52 Å². The Kier molecular flexibility index (Phi) is 3.38. The van der Waals surface area contributed by atoms with E-state index in [-0.39, 0.29) is 0 Å². The van der Waals surface area contributed by atoms with Crippen LogP contribution < -0.4 is 10.6 Å². The van der Waals surface area contributed by atoms with Gasteiger partial charge in [-0.1, -0.05) is 0 Å². The van der Waals surface area contributed by atoms with Crippen LogP contribution in [0.5, 0.6) is 0 Å². The van der Waals surface area contributed by atoms with Gasteiger partial charge in [-0.3, -0.25) is 0 Å². The predicted molar refractivity (Wildman–Crippen MR) is 76.4 cm³/mol. The maximum Gasteiger partial charge on any atom is 0.243 e. The van der Waals surface area contributed by atoms with Gasteiger partial charge in [0.05, 0.1) is 0 Å². The van der Waals surface area contributed by atoms with Crippen LogP contribution in [0.2, 0.25) is 0 Å². The molecule has 19 heavy (non-hydrogen) atoms. The first-order valence-electron chi connectivity index (χ1n) is 7.02. The lowest BCUT2D eigenvalue weighted by Crippen LogP contribution is -2.39. The lowest BCUT2D eigenvalue weighted by molar-refractivity contribution is 0.346. The molecular formula is C14H21N5. The Hall–Kier alpha value is -1.62. The summed E-state index contributed by atoms with van der Waals surface area (Å²) in [5.41, 5.74) is 2.10. The zero-order chi connectivity index (χ0) is 13.2. The van der Waals surface area contributed by atoms with Crippen molar-refractivity contribution in [2.45, 2.75) is 32.7 Å².